The average molecular weight is 401 g/mol. The Morgan fingerprint density at radius 3 is 2.80 bits per heavy atom. The van der Waals surface area contributed by atoms with Crippen LogP contribution in [-0.2, 0) is 6.54 Å². The van der Waals surface area contributed by atoms with Gasteiger partial charge in [0.25, 0.3) is 0 Å². The predicted octanol–water partition coefficient (Wildman–Crippen LogP) is 3.28. The molecule has 5 rings (SSSR count). The summed E-state index contributed by atoms with van der Waals surface area (Å²) in [6.45, 7) is 4.12. The largest absolute Gasteiger partial charge is 0.376 e. The number of hydrogen-bond acceptors (Lipinski definition) is 4. The highest BCUT2D eigenvalue weighted by Gasteiger charge is 2.21. The molecule has 30 heavy (non-hydrogen) atoms. The van der Waals surface area contributed by atoms with E-state index in [1.54, 1.807) is 4.90 Å². The summed E-state index contributed by atoms with van der Waals surface area (Å²) in [6, 6.07) is 14.1. The smallest absolute Gasteiger partial charge is 0.321 e. The quantitative estimate of drug-likeness (QED) is 0.520. The number of urea groups is 1. The van der Waals surface area contributed by atoms with Crippen molar-refractivity contribution in [1.82, 2.24) is 24.5 Å². The molecule has 1 saturated heterocycles. The standard InChI is InChI=1S/C22H23N7O/c1-16(17-5-7-20(8-6-17)29-11-9-23-22(29)30)25-18-12-24-28(14-18)15-19-13-27-10-3-2-4-21(27)26-19/h2-8,10,12-14,16,25H,9,11,15H2,1H3,(H,23,30). The van der Waals surface area contributed by atoms with Crippen molar-refractivity contribution in [3.63, 3.8) is 0 Å². The number of hydrogen-bond donors (Lipinski definition) is 2. The molecule has 2 amide bonds. The Kier molecular flexibility index (Phi) is 4.59. The number of nitrogens with one attached hydrogen (secondary N) is 2. The van der Waals surface area contributed by atoms with E-state index in [2.05, 4.69) is 39.8 Å². The lowest BCUT2D eigenvalue weighted by molar-refractivity contribution is 0.252. The molecule has 0 radical (unpaired) electrons. The van der Waals surface area contributed by atoms with E-state index < -0.39 is 0 Å². The monoisotopic (exact) mass is 401 g/mol. The molecule has 2 N–H and O–H groups in total. The lowest BCUT2D eigenvalue weighted by Gasteiger charge is -2.17. The second-order valence-electron chi connectivity index (χ2n) is 7.47. The molecule has 1 fully saturated rings. The highest BCUT2D eigenvalue weighted by atomic mass is 16.2. The summed E-state index contributed by atoms with van der Waals surface area (Å²) < 4.78 is 3.89. The second-order valence-corrected chi connectivity index (χ2v) is 7.47. The normalized spacial score (nSPS) is 14.8. The molecular weight excluding hydrogens is 378 g/mol. The van der Waals surface area contributed by atoms with Gasteiger partial charge in [0.2, 0.25) is 0 Å². The first-order valence-corrected chi connectivity index (χ1v) is 10.0. The number of benzene rings is 1. The van der Waals surface area contributed by atoms with Crippen LogP contribution in [0.1, 0.15) is 24.2 Å². The fraction of sp³-hybridized carbons (Fsp3) is 0.227. The Morgan fingerprint density at radius 1 is 1.17 bits per heavy atom. The molecule has 1 unspecified atom stereocenters. The highest BCUT2D eigenvalue weighted by molar-refractivity contribution is 5.94. The summed E-state index contributed by atoms with van der Waals surface area (Å²) in [6.07, 6.45) is 7.83. The van der Waals surface area contributed by atoms with Crippen LogP contribution in [0.3, 0.4) is 0 Å². The molecular formula is C22H23N7O. The molecule has 1 aliphatic heterocycles. The van der Waals surface area contributed by atoms with Gasteiger partial charge in [-0.1, -0.05) is 18.2 Å². The number of nitrogens with zero attached hydrogens (tertiary/aromatic N) is 5. The van der Waals surface area contributed by atoms with E-state index in [-0.39, 0.29) is 12.1 Å². The van der Waals surface area contributed by atoms with E-state index in [4.69, 9.17) is 0 Å². The Hall–Kier alpha value is -3.81. The number of carbonyl (C=O) groups excluding carboxylic acids is 1. The maximum Gasteiger partial charge on any atom is 0.321 e. The topological polar surface area (TPSA) is 79.5 Å². The van der Waals surface area contributed by atoms with Crippen LogP contribution in [0.15, 0.2) is 67.3 Å². The maximum atomic E-state index is 11.8. The van der Waals surface area contributed by atoms with Crippen LogP contribution < -0.4 is 15.5 Å². The van der Waals surface area contributed by atoms with Crippen molar-refractivity contribution in [3.05, 3.63) is 78.5 Å². The van der Waals surface area contributed by atoms with Crippen LogP contribution in [0.2, 0.25) is 0 Å². The molecule has 3 aromatic heterocycles. The lowest BCUT2D eigenvalue weighted by Crippen LogP contribution is -2.27. The number of anilines is 2. The number of rotatable bonds is 6. The van der Waals surface area contributed by atoms with Gasteiger partial charge in [-0.3, -0.25) is 9.58 Å². The SMILES string of the molecule is CC(Nc1cnn(Cc2cn3ccccc3n2)c1)c1ccc(N2CCNC2=O)cc1. The molecule has 8 nitrogen and oxygen atoms in total. The summed E-state index contributed by atoms with van der Waals surface area (Å²) in [4.78, 5) is 18.2. The van der Waals surface area contributed by atoms with Gasteiger partial charge in [0.15, 0.2) is 0 Å². The molecule has 0 spiro atoms. The van der Waals surface area contributed by atoms with Gasteiger partial charge in [-0.15, -0.1) is 0 Å². The third-order valence-electron chi connectivity index (χ3n) is 5.32. The van der Waals surface area contributed by atoms with E-state index in [1.165, 1.54) is 0 Å². The van der Waals surface area contributed by atoms with Crippen molar-refractivity contribution in [2.45, 2.75) is 19.5 Å². The third kappa shape index (κ3) is 3.59. The van der Waals surface area contributed by atoms with Gasteiger partial charge in [-0.05, 0) is 36.8 Å². The zero-order valence-corrected chi connectivity index (χ0v) is 16.7. The van der Waals surface area contributed by atoms with Crippen molar-refractivity contribution in [3.8, 4) is 0 Å². The van der Waals surface area contributed by atoms with Crippen LogP contribution in [0.25, 0.3) is 5.65 Å². The summed E-state index contributed by atoms with van der Waals surface area (Å²) >= 11 is 0. The van der Waals surface area contributed by atoms with Gasteiger partial charge >= 0.3 is 6.03 Å². The van der Waals surface area contributed by atoms with Crippen LogP contribution in [-0.4, -0.2) is 38.3 Å². The molecule has 4 heterocycles. The minimum absolute atomic E-state index is 0.0352. The Morgan fingerprint density at radius 2 is 2.03 bits per heavy atom. The molecule has 4 aromatic rings. The molecule has 0 aliphatic carbocycles. The van der Waals surface area contributed by atoms with Gasteiger partial charge in [0.05, 0.1) is 24.1 Å². The average Bonchev–Trinajstić information content (AvgIpc) is 3.48. The number of pyridine rings is 1. The van der Waals surface area contributed by atoms with Gasteiger partial charge in [-0.2, -0.15) is 5.10 Å². The first-order valence-electron chi connectivity index (χ1n) is 10.0. The summed E-state index contributed by atoms with van der Waals surface area (Å²) in [5.41, 5.74) is 4.91. The van der Waals surface area contributed by atoms with Gasteiger partial charge < -0.3 is 15.0 Å². The fourth-order valence-corrected chi connectivity index (χ4v) is 3.75. The summed E-state index contributed by atoms with van der Waals surface area (Å²) in [7, 11) is 0. The first-order chi connectivity index (χ1) is 14.7. The maximum absolute atomic E-state index is 11.8. The second kappa shape index (κ2) is 7.55. The van der Waals surface area contributed by atoms with Crippen LogP contribution >= 0.6 is 0 Å². The first kappa shape index (κ1) is 18.2. The Labute approximate surface area is 174 Å². The lowest BCUT2D eigenvalue weighted by atomic mass is 10.1. The van der Waals surface area contributed by atoms with Crippen LogP contribution in [0, 0.1) is 0 Å². The van der Waals surface area contributed by atoms with Crippen LogP contribution in [0.5, 0.6) is 0 Å². The van der Waals surface area contributed by atoms with Crippen molar-refractivity contribution < 1.29 is 4.79 Å². The predicted molar refractivity (Wildman–Crippen MR) is 116 cm³/mol. The fourth-order valence-electron chi connectivity index (χ4n) is 3.75. The minimum atomic E-state index is -0.0352. The number of imidazole rings is 1. The third-order valence-corrected chi connectivity index (χ3v) is 5.32. The van der Waals surface area contributed by atoms with E-state index in [1.807, 2.05) is 64.2 Å². The van der Waals surface area contributed by atoms with Gasteiger partial charge in [0.1, 0.15) is 5.65 Å². The van der Waals surface area contributed by atoms with E-state index in [9.17, 15) is 4.79 Å². The van der Waals surface area contributed by atoms with Gasteiger partial charge in [-0.25, -0.2) is 9.78 Å². The molecule has 8 heteroatoms. The number of fused-ring (bicyclic) bond motifs is 1. The molecule has 1 aromatic carbocycles. The number of carbonyl (C=O) groups is 1. The number of aromatic nitrogens is 4. The molecule has 152 valence electrons. The highest BCUT2D eigenvalue weighted by Crippen LogP contribution is 2.23. The summed E-state index contributed by atoms with van der Waals surface area (Å²) in [5.74, 6) is 0. The van der Waals surface area contributed by atoms with E-state index >= 15 is 0 Å². The Bertz CT molecular complexity index is 1140. The molecule has 1 aliphatic rings. The van der Waals surface area contributed by atoms with Gasteiger partial charge in [0, 0.05) is 43.4 Å². The number of amides is 2. The van der Waals surface area contributed by atoms with E-state index in [0.29, 0.717) is 19.6 Å². The minimum Gasteiger partial charge on any atom is -0.376 e. The van der Waals surface area contributed by atoms with Crippen molar-refractivity contribution in [2.24, 2.45) is 0 Å². The molecule has 1 atom stereocenters. The van der Waals surface area contributed by atoms with E-state index in [0.717, 1.165) is 28.3 Å². The summed E-state index contributed by atoms with van der Waals surface area (Å²) in [5, 5.41) is 10.8. The molecule has 0 bridgehead atoms. The zero-order chi connectivity index (χ0) is 20.5. The molecule has 0 saturated carbocycles. The zero-order valence-electron chi connectivity index (χ0n) is 16.7. The van der Waals surface area contributed by atoms with Crippen LogP contribution in [0.4, 0.5) is 16.2 Å². The Balaban J connectivity index is 1.23. The van der Waals surface area contributed by atoms with Crippen molar-refractivity contribution in [2.75, 3.05) is 23.3 Å². The van der Waals surface area contributed by atoms with Crippen molar-refractivity contribution >= 4 is 23.1 Å². The van der Waals surface area contributed by atoms with Crippen molar-refractivity contribution in [1.29, 1.82) is 0 Å².